The summed E-state index contributed by atoms with van der Waals surface area (Å²) < 4.78 is 5.19. The zero-order valence-electron chi connectivity index (χ0n) is 11.6. The maximum atomic E-state index is 5.19. The van der Waals surface area contributed by atoms with Crippen LogP contribution in [0.4, 0.5) is 0 Å². The third-order valence-corrected chi connectivity index (χ3v) is 3.60. The van der Waals surface area contributed by atoms with E-state index in [9.17, 15) is 0 Å². The van der Waals surface area contributed by atoms with Crippen molar-refractivity contribution >= 4 is 0 Å². The molecule has 0 N–H and O–H groups in total. The monoisotopic (exact) mass is 249 g/mol. The summed E-state index contributed by atoms with van der Waals surface area (Å²) in [5, 5.41) is 0. The Morgan fingerprint density at radius 3 is 2.44 bits per heavy atom. The van der Waals surface area contributed by atoms with E-state index < -0.39 is 0 Å². The summed E-state index contributed by atoms with van der Waals surface area (Å²) in [6.07, 6.45) is 1.93. The number of hydrogen-bond acceptors (Lipinski definition) is 4. The van der Waals surface area contributed by atoms with Crippen LogP contribution in [0.25, 0.3) is 0 Å². The van der Waals surface area contributed by atoms with Crippen LogP contribution in [0.2, 0.25) is 0 Å². The Kier molecular flexibility index (Phi) is 4.55. The van der Waals surface area contributed by atoms with Crippen LogP contribution >= 0.6 is 0 Å². The van der Waals surface area contributed by atoms with Gasteiger partial charge < -0.3 is 9.64 Å². The van der Waals surface area contributed by atoms with Crippen molar-refractivity contribution in [3.05, 3.63) is 23.4 Å². The molecule has 100 valence electrons. The van der Waals surface area contributed by atoms with Crippen molar-refractivity contribution in [3.63, 3.8) is 0 Å². The summed E-state index contributed by atoms with van der Waals surface area (Å²) in [6, 6.07) is 2.18. The second-order valence-electron chi connectivity index (χ2n) is 4.88. The Morgan fingerprint density at radius 1 is 1.22 bits per heavy atom. The molecule has 2 heterocycles. The molecule has 4 heteroatoms. The van der Waals surface area contributed by atoms with Gasteiger partial charge in [-0.15, -0.1) is 0 Å². The molecule has 4 nitrogen and oxygen atoms in total. The van der Waals surface area contributed by atoms with Crippen molar-refractivity contribution < 1.29 is 4.74 Å². The Hall–Kier alpha value is -1.13. The molecule has 1 aliphatic rings. The number of hydrogen-bond donors (Lipinski definition) is 0. The minimum atomic E-state index is 0.731. The topological polar surface area (TPSA) is 28.6 Å². The lowest BCUT2D eigenvalue weighted by molar-refractivity contribution is 0.132. The maximum absolute atomic E-state index is 5.19. The summed E-state index contributed by atoms with van der Waals surface area (Å²) >= 11 is 0. The first-order valence-electron chi connectivity index (χ1n) is 6.67. The number of piperazine rings is 1. The van der Waals surface area contributed by atoms with Gasteiger partial charge in [-0.3, -0.25) is 4.90 Å². The average molecular weight is 249 g/mol. The second kappa shape index (κ2) is 6.16. The Labute approximate surface area is 110 Å². The van der Waals surface area contributed by atoms with Crippen LogP contribution in [0.3, 0.4) is 0 Å². The van der Waals surface area contributed by atoms with Crippen LogP contribution in [-0.4, -0.2) is 54.6 Å². The van der Waals surface area contributed by atoms with Gasteiger partial charge in [0.2, 0.25) is 5.88 Å². The van der Waals surface area contributed by atoms with Gasteiger partial charge in [-0.25, -0.2) is 4.98 Å². The molecular formula is C14H23N3O. The van der Waals surface area contributed by atoms with E-state index in [0.29, 0.717) is 0 Å². The number of nitrogens with zero attached hydrogens (tertiary/aromatic N) is 3. The van der Waals surface area contributed by atoms with Gasteiger partial charge in [-0.2, -0.15) is 0 Å². The second-order valence-corrected chi connectivity index (χ2v) is 4.88. The van der Waals surface area contributed by atoms with Crippen LogP contribution in [0.1, 0.15) is 18.1 Å². The molecule has 0 amide bonds. The van der Waals surface area contributed by atoms with Gasteiger partial charge >= 0.3 is 0 Å². The fraction of sp³-hybridized carbons (Fsp3) is 0.643. The maximum Gasteiger partial charge on any atom is 0.215 e. The molecule has 1 fully saturated rings. The predicted molar refractivity (Wildman–Crippen MR) is 72.9 cm³/mol. The molecule has 0 radical (unpaired) electrons. The first-order valence-corrected chi connectivity index (χ1v) is 6.67. The van der Waals surface area contributed by atoms with Gasteiger partial charge in [0, 0.05) is 44.5 Å². The average Bonchev–Trinajstić information content (AvgIpc) is 2.40. The highest BCUT2D eigenvalue weighted by Crippen LogP contribution is 2.16. The van der Waals surface area contributed by atoms with Crippen molar-refractivity contribution in [2.75, 3.05) is 39.8 Å². The van der Waals surface area contributed by atoms with Crippen LogP contribution in [0.5, 0.6) is 5.88 Å². The molecule has 0 atom stereocenters. The van der Waals surface area contributed by atoms with E-state index in [0.717, 1.165) is 37.6 Å². The van der Waals surface area contributed by atoms with Crippen molar-refractivity contribution in [2.24, 2.45) is 0 Å². The lowest BCUT2D eigenvalue weighted by atomic mass is 10.2. The molecule has 0 spiro atoms. The molecule has 0 unspecified atom stereocenters. The van der Waals surface area contributed by atoms with Gasteiger partial charge in [0.25, 0.3) is 0 Å². The summed E-state index contributed by atoms with van der Waals surface area (Å²) in [5.41, 5.74) is 2.39. The van der Waals surface area contributed by atoms with Gasteiger partial charge in [0.1, 0.15) is 0 Å². The van der Waals surface area contributed by atoms with E-state index in [1.807, 2.05) is 13.1 Å². The SMILES string of the molecule is CCN1CCN(Cc2cnc(OC)c(C)c2)CC1. The minimum Gasteiger partial charge on any atom is -0.481 e. The van der Waals surface area contributed by atoms with E-state index in [1.54, 1.807) is 7.11 Å². The van der Waals surface area contributed by atoms with E-state index in [1.165, 1.54) is 18.7 Å². The van der Waals surface area contributed by atoms with E-state index in [2.05, 4.69) is 27.8 Å². The number of rotatable bonds is 4. The number of ether oxygens (including phenoxy) is 1. The largest absolute Gasteiger partial charge is 0.481 e. The first kappa shape index (κ1) is 13.3. The molecule has 1 saturated heterocycles. The third kappa shape index (κ3) is 3.21. The highest BCUT2D eigenvalue weighted by molar-refractivity contribution is 5.28. The minimum absolute atomic E-state index is 0.731. The molecule has 1 aromatic rings. The van der Waals surface area contributed by atoms with Crippen molar-refractivity contribution in [1.29, 1.82) is 0 Å². The standard InChI is InChI=1S/C14H23N3O/c1-4-16-5-7-17(8-6-16)11-13-9-12(2)14(18-3)15-10-13/h9-10H,4-8,11H2,1-3H3. The summed E-state index contributed by atoms with van der Waals surface area (Å²) in [6.45, 7) is 11.1. The van der Waals surface area contributed by atoms with Crippen molar-refractivity contribution in [3.8, 4) is 5.88 Å². The van der Waals surface area contributed by atoms with Gasteiger partial charge in [0.15, 0.2) is 0 Å². The van der Waals surface area contributed by atoms with E-state index in [4.69, 9.17) is 4.74 Å². The zero-order chi connectivity index (χ0) is 13.0. The molecule has 18 heavy (non-hydrogen) atoms. The molecule has 2 rings (SSSR count). The van der Waals surface area contributed by atoms with Crippen molar-refractivity contribution in [1.82, 2.24) is 14.8 Å². The van der Waals surface area contributed by atoms with Crippen LogP contribution in [0, 0.1) is 6.92 Å². The summed E-state index contributed by atoms with van der Waals surface area (Å²) in [5.74, 6) is 0.731. The third-order valence-electron chi connectivity index (χ3n) is 3.60. The lowest BCUT2D eigenvalue weighted by Gasteiger charge is -2.34. The zero-order valence-corrected chi connectivity index (χ0v) is 11.6. The molecule has 0 aliphatic carbocycles. The van der Waals surface area contributed by atoms with E-state index in [-0.39, 0.29) is 0 Å². The van der Waals surface area contributed by atoms with E-state index >= 15 is 0 Å². The Bertz CT molecular complexity index is 387. The lowest BCUT2D eigenvalue weighted by Crippen LogP contribution is -2.45. The van der Waals surface area contributed by atoms with Gasteiger partial charge in [0.05, 0.1) is 7.11 Å². The smallest absolute Gasteiger partial charge is 0.215 e. The molecule has 0 aromatic carbocycles. The Morgan fingerprint density at radius 2 is 1.89 bits per heavy atom. The molecule has 0 bridgehead atoms. The van der Waals surface area contributed by atoms with Crippen LogP contribution in [0.15, 0.2) is 12.3 Å². The molecule has 1 aliphatic heterocycles. The fourth-order valence-electron chi connectivity index (χ4n) is 2.44. The quantitative estimate of drug-likeness (QED) is 0.809. The van der Waals surface area contributed by atoms with Gasteiger partial charge in [-0.05, 0) is 25.1 Å². The molecule has 0 saturated carbocycles. The number of aromatic nitrogens is 1. The fourth-order valence-corrected chi connectivity index (χ4v) is 2.44. The number of methoxy groups -OCH3 is 1. The highest BCUT2D eigenvalue weighted by atomic mass is 16.5. The molecule has 1 aromatic heterocycles. The van der Waals surface area contributed by atoms with Crippen LogP contribution < -0.4 is 4.74 Å². The first-order chi connectivity index (χ1) is 8.72. The van der Waals surface area contributed by atoms with Crippen molar-refractivity contribution in [2.45, 2.75) is 20.4 Å². The van der Waals surface area contributed by atoms with Crippen LogP contribution in [-0.2, 0) is 6.54 Å². The normalized spacial score (nSPS) is 17.9. The predicted octanol–water partition coefficient (Wildman–Crippen LogP) is 1.54. The highest BCUT2D eigenvalue weighted by Gasteiger charge is 2.15. The number of likely N-dealkylation sites (N-methyl/N-ethyl adjacent to an activating group) is 1. The summed E-state index contributed by atoms with van der Waals surface area (Å²) in [4.78, 5) is 9.32. The van der Waals surface area contributed by atoms with Gasteiger partial charge in [-0.1, -0.05) is 6.92 Å². The summed E-state index contributed by atoms with van der Waals surface area (Å²) in [7, 11) is 1.67. The Balaban J connectivity index is 1.92. The molecular weight excluding hydrogens is 226 g/mol. The number of aryl methyl sites for hydroxylation is 1. The number of pyridine rings is 1.